The summed E-state index contributed by atoms with van der Waals surface area (Å²) >= 11 is 2.66. The molecule has 14 nitrogen and oxygen atoms in total. The Bertz CT molecular complexity index is 1370. The molecule has 0 bridgehead atoms. The lowest BCUT2D eigenvalue weighted by Crippen LogP contribution is -2.71. The van der Waals surface area contributed by atoms with Crippen molar-refractivity contribution in [3.63, 3.8) is 0 Å². The third-order valence-electron chi connectivity index (χ3n) is 7.89. The molecule has 0 aromatic heterocycles. The Kier molecular flexibility index (Phi) is 8.07. The van der Waals surface area contributed by atoms with Crippen molar-refractivity contribution in [1.82, 2.24) is 15.1 Å². The van der Waals surface area contributed by atoms with Crippen LogP contribution >= 0.6 is 23.5 Å². The highest BCUT2D eigenvalue weighted by molar-refractivity contribution is 8.02. The number of aromatic hydroxyl groups is 1. The number of nitrogens with zero attached hydrogens (tertiary/aromatic N) is 2. The predicted octanol–water partition coefficient (Wildman–Crippen LogP) is -0.0214. The van der Waals surface area contributed by atoms with E-state index in [-0.39, 0.29) is 30.1 Å². The minimum Gasteiger partial charge on any atom is -0.508 e. The fourth-order valence-corrected chi connectivity index (χ4v) is 8.99. The van der Waals surface area contributed by atoms with Crippen LogP contribution in [0.15, 0.2) is 24.3 Å². The fraction of sp³-hybridized carbons (Fsp3) is 0.556. The van der Waals surface area contributed by atoms with E-state index in [1.807, 2.05) is 0 Å². The standard InChI is InChI=1S/C27H32N4O10S2/c1-12(32)39-10-27(4)20(30-15(34)9-16(30)42-27)25(38)41-11-40-24(37)19-26(2,3)43-23-18(22(36)31(19)23)29-21(35)17(28)13-5-7-14(33)8-6-13/h5-8,16-20,23,33H,9-11,28H2,1-4H3,(H,29,35)/t16-,17?,18+,19-,20-,23+,27-/m0/s1. The number of benzene rings is 1. The third-order valence-corrected chi connectivity index (χ3v) is 11.0. The lowest BCUT2D eigenvalue weighted by molar-refractivity contribution is -0.182. The molecule has 7 atom stereocenters. The molecule has 232 valence electrons. The molecule has 4 heterocycles. The summed E-state index contributed by atoms with van der Waals surface area (Å²) in [4.78, 5) is 78.4. The van der Waals surface area contributed by atoms with Crippen molar-refractivity contribution in [3.05, 3.63) is 29.8 Å². The van der Waals surface area contributed by atoms with E-state index >= 15 is 0 Å². The lowest BCUT2D eigenvalue weighted by Gasteiger charge is -2.44. The Morgan fingerprint density at radius 3 is 2.26 bits per heavy atom. The van der Waals surface area contributed by atoms with Crippen LogP contribution in [-0.4, -0.2) is 102 Å². The van der Waals surface area contributed by atoms with E-state index in [4.69, 9.17) is 19.9 Å². The number of carbonyl (C=O) groups is 6. The van der Waals surface area contributed by atoms with Gasteiger partial charge in [0, 0.05) is 11.7 Å². The number of nitrogens with two attached hydrogens (primary N) is 1. The van der Waals surface area contributed by atoms with Crippen LogP contribution in [0.1, 0.15) is 45.7 Å². The molecule has 3 amide bonds. The van der Waals surface area contributed by atoms with Gasteiger partial charge in [-0.2, -0.15) is 0 Å². The number of ether oxygens (including phenoxy) is 3. The molecule has 4 aliphatic heterocycles. The van der Waals surface area contributed by atoms with Gasteiger partial charge in [-0.3, -0.25) is 19.2 Å². The van der Waals surface area contributed by atoms with Gasteiger partial charge in [0.1, 0.15) is 41.9 Å². The van der Waals surface area contributed by atoms with Crippen LogP contribution in [0.25, 0.3) is 0 Å². The summed E-state index contributed by atoms with van der Waals surface area (Å²) in [7, 11) is 0. The average Bonchev–Trinajstić information content (AvgIpc) is 3.34. The molecule has 43 heavy (non-hydrogen) atoms. The number of hydrogen-bond donors (Lipinski definition) is 3. The molecule has 0 aliphatic carbocycles. The second kappa shape index (κ2) is 11.2. The molecule has 5 rings (SSSR count). The van der Waals surface area contributed by atoms with E-state index < -0.39 is 75.6 Å². The smallest absolute Gasteiger partial charge is 0.333 e. The minimum atomic E-state index is -1.08. The molecule has 4 saturated heterocycles. The second-order valence-corrected chi connectivity index (χ2v) is 14.9. The van der Waals surface area contributed by atoms with Crippen LogP contribution in [-0.2, 0) is 43.0 Å². The van der Waals surface area contributed by atoms with E-state index in [0.717, 1.165) is 0 Å². The maximum atomic E-state index is 13.2. The van der Waals surface area contributed by atoms with Crippen molar-refractivity contribution < 1.29 is 48.1 Å². The summed E-state index contributed by atoms with van der Waals surface area (Å²) in [5, 5.41) is 11.3. The third kappa shape index (κ3) is 5.51. The number of esters is 3. The van der Waals surface area contributed by atoms with Crippen molar-refractivity contribution in [3.8, 4) is 5.75 Å². The number of phenols is 1. The number of carbonyl (C=O) groups excluding carboxylic acids is 6. The van der Waals surface area contributed by atoms with Crippen LogP contribution in [0.5, 0.6) is 5.75 Å². The van der Waals surface area contributed by atoms with E-state index in [1.54, 1.807) is 20.8 Å². The highest BCUT2D eigenvalue weighted by Gasteiger charge is 2.65. The number of phenolic OH excluding ortho intramolecular Hbond substituents is 1. The molecule has 1 aromatic rings. The molecule has 1 unspecified atom stereocenters. The lowest BCUT2D eigenvalue weighted by atomic mass is 9.95. The maximum Gasteiger partial charge on any atom is 0.333 e. The zero-order chi connectivity index (χ0) is 31.4. The molecule has 4 fully saturated rings. The minimum absolute atomic E-state index is 0.0219. The van der Waals surface area contributed by atoms with E-state index in [2.05, 4.69) is 5.32 Å². The van der Waals surface area contributed by atoms with Gasteiger partial charge in [-0.1, -0.05) is 12.1 Å². The van der Waals surface area contributed by atoms with Gasteiger partial charge < -0.3 is 40.2 Å². The van der Waals surface area contributed by atoms with Crippen molar-refractivity contribution in [2.75, 3.05) is 13.4 Å². The quantitative estimate of drug-likeness (QED) is 0.186. The first-order valence-electron chi connectivity index (χ1n) is 13.4. The monoisotopic (exact) mass is 636 g/mol. The van der Waals surface area contributed by atoms with Crippen LogP contribution in [0.2, 0.25) is 0 Å². The normalized spacial score (nSPS) is 30.8. The number of fused-ring (bicyclic) bond motifs is 2. The van der Waals surface area contributed by atoms with Crippen molar-refractivity contribution in [1.29, 1.82) is 0 Å². The summed E-state index contributed by atoms with van der Waals surface area (Å²) in [5.74, 6) is -3.42. The Morgan fingerprint density at radius 1 is 1.02 bits per heavy atom. The molecule has 1 aromatic carbocycles. The first kappa shape index (κ1) is 30.9. The number of β-lactam (4-membered cyclic amide) rings is 2. The maximum absolute atomic E-state index is 13.2. The summed E-state index contributed by atoms with van der Waals surface area (Å²) in [6, 6.07) is 1.76. The Labute approximate surface area is 255 Å². The van der Waals surface area contributed by atoms with Gasteiger partial charge in [0.05, 0.1) is 16.5 Å². The Hall–Kier alpha value is -3.50. The SMILES string of the molecule is CC(=O)OC[C@]1(C)S[C@H]2CC(=O)N2[C@H]1C(=O)OCOC(=O)[C@@H]1N2C(=O)[C@@H](NC(=O)C(N)c3ccc(O)cc3)[C@H]2SC1(C)C. The zero-order valence-electron chi connectivity index (χ0n) is 23.8. The fourth-order valence-electron chi connectivity index (χ4n) is 5.71. The van der Waals surface area contributed by atoms with E-state index in [1.165, 1.54) is 64.5 Å². The molecule has 4 aliphatic rings. The largest absolute Gasteiger partial charge is 0.508 e. The second-order valence-electron chi connectivity index (χ2n) is 11.4. The van der Waals surface area contributed by atoms with Gasteiger partial charge >= 0.3 is 17.9 Å². The van der Waals surface area contributed by atoms with Crippen LogP contribution in [0.3, 0.4) is 0 Å². The van der Waals surface area contributed by atoms with E-state index in [9.17, 15) is 33.9 Å². The summed E-state index contributed by atoms with van der Waals surface area (Å²) < 4.78 is 13.9. The van der Waals surface area contributed by atoms with Gasteiger partial charge in [-0.15, -0.1) is 23.5 Å². The van der Waals surface area contributed by atoms with Crippen LogP contribution in [0.4, 0.5) is 0 Å². The first-order valence-corrected chi connectivity index (χ1v) is 15.2. The predicted molar refractivity (Wildman–Crippen MR) is 152 cm³/mol. The number of hydrogen-bond acceptors (Lipinski definition) is 13. The Balaban J connectivity index is 1.17. The van der Waals surface area contributed by atoms with Gasteiger partial charge in [-0.25, -0.2) is 9.59 Å². The van der Waals surface area contributed by atoms with Crippen molar-refractivity contribution in [2.45, 2.75) is 78.5 Å². The van der Waals surface area contributed by atoms with Gasteiger partial charge in [-0.05, 0) is 38.5 Å². The van der Waals surface area contributed by atoms with Gasteiger partial charge in [0.2, 0.25) is 24.5 Å². The molecule has 0 saturated carbocycles. The number of thioether (sulfide) groups is 2. The summed E-state index contributed by atoms with van der Waals surface area (Å²) in [5.41, 5.74) is 6.49. The van der Waals surface area contributed by atoms with Crippen LogP contribution < -0.4 is 11.1 Å². The molecule has 16 heteroatoms. The number of nitrogens with one attached hydrogen (secondary N) is 1. The number of amides is 3. The highest BCUT2D eigenvalue weighted by Crippen LogP contribution is 2.52. The average molecular weight is 637 g/mol. The molecular formula is C27H32N4O10S2. The van der Waals surface area contributed by atoms with Crippen LogP contribution in [0, 0.1) is 0 Å². The number of rotatable bonds is 9. The van der Waals surface area contributed by atoms with Gasteiger partial charge in [0.15, 0.2) is 0 Å². The first-order chi connectivity index (χ1) is 20.1. The molecule has 0 spiro atoms. The topological polar surface area (TPSA) is 195 Å². The summed E-state index contributed by atoms with van der Waals surface area (Å²) in [6.07, 6.45) is 0.253. The van der Waals surface area contributed by atoms with Crippen molar-refractivity contribution in [2.24, 2.45) is 5.73 Å². The highest BCUT2D eigenvalue weighted by atomic mass is 32.2. The van der Waals surface area contributed by atoms with E-state index in [0.29, 0.717) is 5.56 Å². The molecule has 0 radical (unpaired) electrons. The Morgan fingerprint density at radius 2 is 1.65 bits per heavy atom. The van der Waals surface area contributed by atoms with Crippen molar-refractivity contribution >= 4 is 59.2 Å². The summed E-state index contributed by atoms with van der Waals surface area (Å²) in [6.45, 7) is 5.60. The molecule has 4 N–H and O–H groups in total. The zero-order valence-corrected chi connectivity index (χ0v) is 25.4. The van der Waals surface area contributed by atoms with Gasteiger partial charge in [0.25, 0.3) is 0 Å². The molecular weight excluding hydrogens is 604 g/mol.